The first-order chi connectivity index (χ1) is 13.1. The molecule has 3 rings (SSSR count). The molecule has 1 aromatic heterocycles. The highest BCUT2D eigenvalue weighted by atomic mass is 32.1. The van der Waals surface area contributed by atoms with Gasteiger partial charge in [0.25, 0.3) is 5.91 Å². The first-order valence-electron chi connectivity index (χ1n) is 8.66. The monoisotopic (exact) mass is 412 g/mol. The number of carbonyl (C=O) groups is 2. The van der Waals surface area contributed by atoms with Crippen LogP contribution in [0.25, 0.3) is 0 Å². The van der Waals surface area contributed by atoms with Crippen molar-refractivity contribution >= 4 is 28.4 Å². The minimum Gasteiger partial charge on any atom is -0.336 e. The Bertz CT molecular complexity index is 895. The fraction of sp³-hybridized carbons (Fsp3) is 0.389. The molecule has 1 aliphatic heterocycles. The molecule has 0 aliphatic carbocycles. The van der Waals surface area contributed by atoms with E-state index in [1.807, 2.05) is 13.8 Å². The SMILES string of the molecule is CC(C)NC(=O)Nc1nc2c(s1)CN(C(=O)c1ccccc1C(F)(F)F)CC2. The summed E-state index contributed by atoms with van der Waals surface area (Å²) in [4.78, 5) is 31.0. The molecule has 0 radical (unpaired) electrons. The molecule has 2 N–H and O–H groups in total. The molecule has 28 heavy (non-hydrogen) atoms. The van der Waals surface area contributed by atoms with Gasteiger partial charge < -0.3 is 10.2 Å². The summed E-state index contributed by atoms with van der Waals surface area (Å²) >= 11 is 1.22. The molecule has 0 spiro atoms. The van der Waals surface area contributed by atoms with Crippen LogP contribution in [0.5, 0.6) is 0 Å². The number of halogens is 3. The van der Waals surface area contributed by atoms with E-state index >= 15 is 0 Å². The molecule has 0 bridgehead atoms. The van der Waals surface area contributed by atoms with Gasteiger partial charge >= 0.3 is 12.2 Å². The molecule has 150 valence electrons. The lowest BCUT2D eigenvalue weighted by Crippen LogP contribution is -2.36. The Hall–Kier alpha value is -2.62. The normalized spacial score (nSPS) is 14.0. The van der Waals surface area contributed by atoms with Crippen molar-refractivity contribution in [3.63, 3.8) is 0 Å². The topological polar surface area (TPSA) is 74.3 Å². The number of urea groups is 1. The van der Waals surface area contributed by atoms with Crippen LogP contribution in [0.4, 0.5) is 23.1 Å². The highest BCUT2D eigenvalue weighted by Gasteiger charge is 2.36. The van der Waals surface area contributed by atoms with E-state index in [9.17, 15) is 22.8 Å². The number of nitrogens with zero attached hydrogens (tertiary/aromatic N) is 2. The van der Waals surface area contributed by atoms with Crippen molar-refractivity contribution in [1.29, 1.82) is 0 Å². The van der Waals surface area contributed by atoms with Crippen LogP contribution in [-0.4, -0.2) is 34.4 Å². The second kappa shape index (κ2) is 7.78. The Kier molecular flexibility index (Phi) is 5.59. The molecule has 6 nitrogen and oxygen atoms in total. The van der Waals surface area contributed by atoms with Gasteiger partial charge in [-0.2, -0.15) is 13.2 Å². The molecular weight excluding hydrogens is 393 g/mol. The number of fused-ring (bicyclic) bond motifs is 1. The molecule has 2 heterocycles. The molecule has 3 amide bonds. The summed E-state index contributed by atoms with van der Waals surface area (Å²) in [7, 11) is 0. The van der Waals surface area contributed by atoms with Crippen molar-refractivity contribution in [2.45, 2.75) is 39.0 Å². The van der Waals surface area contributed by atoms with Gasteiger partial charge in [-0.15, -0.1) is 0 Å². The van der Waals surface area contributed by atoms with Gasteiger partial charge in [0.15, 0.2) is 5.13 Å². The predicted molar refractivity (Wildman–Crippen MR) is 99.3 cm³/mol. The van der Waals surface area contributed by atoms with Gasteiger partial charge in [0, 0.05) is 23.9 Å². The number of amides is 3. The van der Waals surface area contributed by atoms with Crippen molar-refractivity contribution in [3.05, 3.63) is 46.0 Å². The minimum atomic E-state index is -4.60. The Labute approximate surface area is 163 Å². The number of hydrogen-bond donors (Lipinski definition) is 2. The van der Waals surface area contributed by atoms with Crippen LogP contribution in [0.1, 0.15) is 40.3 Å². The van der Waals surface area contributed by atoms with E-state index in [2.05, 4.69) is 15.6 Å². The quantitative estimate of drug-likeness (QED) is 0.803. The third-order valence-electron chi connectivity index (χ3n) is 4.12. The van der Waals surface area contributed by atoms with Gasteiger partial charge in [0.2, 0.25) is 0 Å². The van der Waals surface area contributed by atoms with E-state index < -0.39 is 17.6 Å². The van der Waals surface area contributed by atoms with Crippen molar-refractivity contribution in [2.75, 3.05) is 11.9 Å². The summed E-state index contributed by atoms with van der Waals surface area (Å²) in [6, 6.07) is 4.36. The van der Waals surface area contributed by atoms with Crippen molar-refractivity contribution < 1.29 is 22.8 Å². The summed E-state index contributed by atoms with van der Waals surface area (Å²) in [5, 5.41) is 5.72. The largest absolute Gasteiger partial charge is 0.417 e. The average molecular weight is 412 g/mol. The van der Waals surface area contributed by atoms with Crippen molar-refractivity contribution in [1.82, 2.24) is 15.2 Å². The van der Waals surface area contributed by atoms with Crippen molar-refractivity contribution in [2.24, 2.45) is 0 Å². The van der Waals surface area contributed by atoms with Crippen LogP contribution in [-0.2, 0) is 19.1 Å². The zero-order chi connectivity index (χ0) is 20.5. The molecule has 0 fully saturated rings. The zero-order valence-electron chi connectivity index (χ0n) is 15.3. The lowest BCUT2D eigenvalue weighted by Gasteiger charge is -2.27. The highest BCUT2D eigenvalue weighted by molar-refractivity contribution is 7.15. The number of rotatable bonds is 3. The summed E-state index contributed by atoms with van der Waals surface area (Å²) in [6.07, 6.45) is -4.18. The number of alkyl halides is 3. The lowest BCUT2D eigenvalue weighted by molar-refractivity contribution is -0.138. The molecule has 0 atom stereocenters. The number of anilines is 1. The van der Waals surface area contributed by atoms with E-state index in [-0.39, 0.29) is 30.7 Å². The number of thiazole rings is 1. The number of benzene rings is 1. The third kappa shape index (κ3) is 4.44. The summed E-state index contributed by atoms with van der Waals surface area (Å²) in [5.41, 5.74) is -0.557. The van der Waals surface area contributed by atoms with E-state index in [0.717, 1.165) is 16.6 Å². The average Bonchev–Trinajstić information content (AvgIpc) is 3.00. The second-order valence-corrected chi connectivity index (χ2v) is 7.75. The number of nitrogens with one attached hydrogen (secondary N) is 2. The van der Waals surface area contributed by atoms with E-state index in [0.29, 0.717) is 11.6 Å². The maximum atomic E-state index is 13.2. The van der Waals surface area contributed by atoms with Crippen LogP contribution < -0.4 is 10.6 Å². The Morgan fingerprint density at radius 3 is 2.64 bits per heavy atom. The van der Waals surface area contributed by atoms with Gasteiger partial charge in [-0.3, -0.25) is 10.1 Å². The molecule has 0 unspecified atom stereocenters. The number of hydrogen-bond acceptors (Lipinski definition) is 4. The minimum absolute atomic E-state index is 0.0311. The summed E-state index contributed by atoms with van der Waals surface area (Å²) < 4.78 is 39.6. The van der Waals surface area contributed by atoms with Crippen molar-refractivity contribution in [3.8, 4) is 0 Å². The Morgan fingerprint density at radius 2 is 1.96 bits per heavy atom. The smallest absolute Gasteiger partial charge is 0.336 e. The fourth-order valence-electron chi connectivity index (χ4n) is 2.90. The fourth-order valence-corrected chi connectivity index (χ4v) is 3.92. The van der Waals surface area contributed by atoms with E-state index in [1.165, 1.54) is 34.4 Å². The number of aromatic nitrogens is 1. The third-order valence-corrected chi connectivity index (χ3v) is 5.12. The maximum absolute atomic E-state index is 13.2. The summed E-state index contributed by atoms with van der Waals surface area (Å²) in [5.74, 6) is -0.668. The molecular formula is C18H19F3N4O2S. The maximum Gasteiger partial charge on any atom is 0.417 e. The van der Waals surface area contributed by atoms with E-state index in [4.69, 9.17) is 0 Å². The van der Waals surface area contributed by atoms with Crippen LogP contribution in [0, 0.1) is 0 Å². The van der Waals surface area contributed by atoms with Gasteiger partial charge in [-0.1, -0.05) is 23.5 Å². The van der Waals surface area contributed by atoms with Gasteiger partial charge in [0.05, 0.1) is 23.4 Å². The van der Waals surface area contributed by atoms with Crippen LogP contribution in [0.3, 0.4) is 0 Å². The van der Waals surface area contributed by atoms with Crippen LogP contribution in [0.15, 0.2) is 24.3 Å². The standard InChI is InChI=1S/C18H19F3N4O2S/c1-10(2)22-16(27)24-17-23-13-7-8-25(9-14(13)28-17)15(26)11-5-3-4-6-12(11)18(19,20)21/h3-6,10H,7-9H2,1-2H3,(H2,22,23,24,27). The first-order valence-corrected chi connectivity index (χ1v) is 9.48. The van der Waals surface area contributed by atoms with Crippen LogP contribution in [0.2, 0.25) is 0 Å². The zero-order valence-corrected chi connectivity index (χ0v) is 16.1. The first kappa shape index (κ1) is 20.1. The predicted octanol–water partition coefficient (Wildman–Crippen LogP) is 3.89. The Balaban J connectivity index is 1.76. The molecule has 0 saturated heterocycles. The van der Waals surface area contributed by atoms with Gasteiger partial charge in [-0.05, 0) is 26.0 Å². The summed E-state index contributed by atoms with van der Waals surface area (Å²) in [6.45, 7) is 4.08. The molecule has 1 aromatic carbocycles. The highest BCUT2D eigenvalue weighted by Crippen LogP contribution is 2.34. The van der Waals surface area contributed by atoms with Crippen LogP contribution >= 0.6 is 11.3 Å². The van der Waals surface area contributed by atoms with Gasteiger partial charge in [-0.25, -0.2) is 9.78 Å². The molecule has 2 aromatic rings. The molecule has 1 aliphatic rings. The molecule has 0 saturated carbocycles. The molecule has 10 heteroatoms. The van der Waals surface area contributed by atoms with Gasteiger partial charge in [0.1, 0.15) is 0 Å². The lowest BCUT2D eigenvalue weighted by atomic mass is 10.0. The number of carbonyl (C=O) groups excluding carboxylic acids is 2. The van der Waals surface area contributed by atoms with E-state index in [1.54, 1.807) is 0 Å². The second-order valence-electron chi connectivity index (χ2n) is 6.66. The Morgan fingerprint density at radius 1 is 1.25 bits per heavy atom.